The van der Waals surface area contributed by atoms with E-state index in [1.807, 2.05) is 0 Å². The van der Waals surface area contributed by atoms with Gasteiger partial charge in [0.25, 0.3) is 0 Å². The van der Waals surface area contributed by atoms with Gasteiger partial charge < -0.3 is 5.11 Å². The van der Waals surface area contributed by atoms with Gasteiger partial charge in [0.05, 0.1) is 9.83 Å². The van der Waals surface area contributed by atoms with Crippen LogP contribution in [-0.4, -0.2) is 40.1 Å². The lowest BCUT2D eigenvalue weighted by Gasteiger charge is -2.09. The first kappa shape index (κ1) is 15.0. The van der Waals surface area contributed by atoms with Gasteiger partial charge in [-0.1, -0.05) is 5.21 Å². The molecule has 2 aromatic rings. The number of carbonyl (C=O) groups is 1. The van der Waals surface area contributed by atoms with Crippen molar-refractivity contribution >= 4 is 43.3 Å². The highest BCUT2D eigenvalue weighted by atomic mass is 79.9. The van der Waals surface area contributed by atoms with Crippen molar-refractivity contribution in [3.8, 4) is 0 Å². The largest absolute Gasteiger partial charge is 0.477 e. The number of sulfonamides is 1. The van der Waals surface area contributed by atoms with Crippen LogP contribution in [0.3, 0.4) is 0 Å². The van der Waals surface area contributed by atoms with E-state index in [0.29, 0.717) is 0 Å². The van der Waals surface area contributed by atoms with Crippen molar-refractivity contribution in [1.82, 2.24) is 25.3 Å². The number of nitrogens with zero attached hydrogens (tertiary/aromatic N) is 3. The molecule has 0 aliphatic rings. The Morgan fingerprint density at radius 2 is 2.30 bits per heavy atom. The summed E-state index contributed by atoms with van der Waals surface area (Å²) in [7, 11) is -3.90. The van der Waals surface area contributed by atoms with Crippen molar-refractivity contribution in [1.29, 1.82) is 0 Å². The Balaban J connectivity index is 2.29. The van der Waals surface area contributed by atoms with E-state index in [-0.39, 0.29) is 19.4 Å². The van der Waals surface area contributed by atoms with Gasteiger partial charge in [0, 0.05) is 0 Å². The minimum absolute atomic E-state index is 0.0792. The van der Waals surface area contributed by atoms with Crippen molar-refractivity contribution in [3.63, 3.8) is 0 Å². The molecular weight excluding hydrogens is 374 g/mol. The number of thiophene rings is 1. The van der Waals surface area contributed by atoms with Crippen LogP contribution in [-0.2, 0) is 10.0 Å². The van der Waals surface area contributed by atoms with E-state index >= 15 is 0 Å². The first-order valence-electron chi connectivity index (χ1n) is 5.09. The van der Waals surface area contributed by atoms with Gasteiger partial charge in [-0.15, -0.1) is 21.5 Å². The highest BCUT2D eigenvalue weighted by molar-refractivity contribution is 9.11. The molecule has 0 fully saturated rings. The van der Waals surface area contributed by atoms with Crippen molar-refractivity contribution in [2.24, 2.45) is 0 Å². The predicted molar refractivity (Wildman–Crippen MR) is 71.9 cm³/mol. The second-order valence-electron chi connectivity index (χ2n) is 3.67. The molecule has 0 aromatic carbocycles. The summed E-state index contributed by atoms with van der Waals surface area (Å²) in [6, 6.07) is 0.376. The molecule has 0 bridgehead atoms. The zero-order chi connectivity index (χ0) is 14.9. The Bertz CT molecular complexity index is 726. The fourth-order valence-corrected chi connectivity index (χ4v) is 4.95. The summed E-state index contributed by atoms with van der Waals surface area (Å²) in [5.41, 5.74) is 0. The highest BCUT2D eigenvalue weighted by Gasteiger charge is 2.26. The lowest BCUT2D eigenvalue weighted by atomic mass is 10.4. The third-order valence-electron chi connectivity index (χ3n) is 2.24. The Kier molecular flexibility index (Phi) is 4.17. The number of hydrogen-bond donors (Lipinski definition) is 3. The molecule has 0 saturated heterocycles. The van der Waals surface area contributed by atoms with Gasteiger partial charge in [0.1, 0.15) is 9.77 Å². The molecule has 0 saturated carbocycles. The van der Waals surface area contributed by atoms with E-state index < -0.39 is 22.0 Å². The van der Waals surface area contributed by atoms with Gasteiger partial charge in [-0.2, -0.15) is 5.21 Å². The third-order valence-corrected chi connectivity index (χ3v) is 6.02. The summed E-state index contributed by atoms with van der Waals surface area (Å²) < 4.78 is 26.9. The summed E-state index contributed by atoms with van der Waals surface area (Å²) in [6.07, 6.45) is 0. The number of carboxylic acids is 1. The fraction of sp³-hybridized carbons (Fsp3) is 0.250. The summed E-state index contributed by atoms with van der Waals surface area (Å²) in [4.78, 5) is 10.6. The maximum Gasteiger partial charge on any atom is 0.345 e. The first-order valence-corrected chi connectivity index (χ1v) is 8.19. The standard InChI is InChI=1S/C8H8BrN5O4S2/c1-3(7-10-13-14-11-7)12-20(17,18)5-2-4(8(15)16)19-6(5)9/h2-3,12H,1H3,(H,15,16)(H,10,11,13,14). The molecule has 0 aliphatic carbocycles. The van der Waals surface area contributed by atoms with Crippen LogP contribution < -0.4 is 4.72 Å². The number of aromatic nitrogens is 4. The zero-order valence-electron chi connectivity index (χ0n) is 9.86. The minimum Gasteiger partial charge on any atom is -0.477 e. The molecule has 12 heteroatoms. The number of hydrogen-bond acceptors (Lipinski definition) is 7. The molecular formula is C8H8BrN5O4S2. The van der Waals surface area contributed by atoms with E-state index in [4.69, 9.17) is 5.11 Å². The van der Waals surface area contributed by atoms with E-state index in [1.165, 1.54) is 0 Å². The SMILES string of the molecule is CC(NS(=O)(=O)c1cc(C(=O)O)sc1Br)c1nn[nH]n1. The van der Waals surface area contributed by atoms with Crippen LogP contribution in [0.1, 0.15) is 28.5 Å². The molecule has 2 rings (SSSR count). The molecule has 20 heavy (non-hydrogen) atoms. The molecule has 1 unspecified atom stereocenters. The number of aromatic amines is 1. The van der Waals surface area contributed by atoms with E-state index in [2.05, 4.69) is 41.3 Å². The molecule has 9 nitrogen and oxygen atoms in total. The van der Waals surface area contributed by atoms with Gasteiger partial charge in [-0.25, -0.2) is 17.9 Å². The van der Waals surface area contributed by atoms with E-state index in [0.717, 1.165) is 17.4 Å². The van der Waals surface area contributed by atoms with Gasteiger partial charge >= 0.3 is 5.97 Å². The summed E-state index contributed by atoms with van der Waals surface area (Å²) in [6.45, 7) is 1.54. The summed E-state index contributed by atoms with van der Waals surface area (Å²) in [5.74, 6) is -1.01. The number of aromatic carboxylic acids is 1. The van der Waals surface area contributed by atoms with Crippen LogP contribution >= 0.6 is 27.3 Å². The minimum atomic E-state index is -3.90. The van der Waals surface area contributed by atoms with Crippen LogP contribution in [0.4, 0.5) is 0 Å². The predicted octanol–water partition coefficient (Wildman–Crippen LogP) is 0.761. The van der Waals surface area contributed by atoms with Gasteiger partial charge in [0.15, 0.2) is 5.82 Å². The monoisotopic (exact) mass is 381 g/mol. The molecule has 0 aliphatic heterocycles. The molecule has 0 radical (unpaired) electrons. The van der Waals surface area contributed by atoms with Crippen LogP contribution in [0.5, 0.6) is 0 Å². The Morgan fingerprint density at radius 3 is 2.80 bits per heavy atom. The molecule has 3 N–H and O–H groups in total. The number of halogens is 1. The lowest BCUT2D eigenvalue weighted by molar-refractivity contribution is 0.0702. The number of rotatable bonds is 5. The van der Waals surface area contributed by atoms with Crippen molar-refractivity contribution in [2.45, 2.75) is 17.9 Å². The molecule has 1 atom stereocenters. The Morgan fingerprint density at radius 1 is 1.60 bits per heavy atom. The van der Waals surface area contributed by atoms with Crippen molar-refractivity contribution < 1.29 is 18.3 Å². The summed E-state index contributed by atoms with van der Waals surface area (Å²) in [5, 5.41) is 21.8. The average molecular weight is 382 g/mol. The van der Waals surface area contributed by atoms with Crippen molar-refractivity contribution in [3.05, 3.63) is 20.6 Å². The second kappa shape index (κ2) is 5.55. The van der Waals surface area contributed by atoms with E-state index in [9.17, 15) is 13.2 Å². The van der Waals surface area contributed by atoms with Gasteiger partial charge in [0.2, 0.25) is 10.0 Å². The Labute approximate surface area is 125 Å². The number of H-pyrrole nitrogens is 1. The van der Waals surface area contributed by atoms with Crippen LogP contribution in [0.25, 0.3) is 0 Å². The molecule has 0 spiro atoms. The maximum atomic E-state index is 12.2. The number of carboxylic acid groups (broad SMARTS) is 1. The second-order valence-corrected chi connectivity index (χ2v) is 7.72. The zero-order valence-corrected chi connectivity index (χ0v) is 13.1. The molecule has 0 amide bonds. The van der Waals surface area contributed by atoms with Crippen LogP contribution in [0, 0.1) is 0 Å². The van der Waals surface area contributed by atoms with Crippen LogP contribution in [0.2, 0.25) is 0 Å². The quantitative estimate of drug-likeness (QED) is 0.694. The maximum absolute atomic E-state index is 12.2. The average Bonchev–Trinajstić information content (AvgIpc) is 2.96. The first-order chi connectivity index (χ1) is 9.31. The number of tetrazole rings is 1. The molecule has 108 valence electrons. The van der Waals surface area contributed by atoms with Gasteiger partial charge in [-0.3, -0.25) is 0 Å². The highest BCUT2D eigenvalue weighted by Crippen LogP contribution is 2.32. The normalized spacial score (nSPS) is 13.3. The third kappa shape index (κ3) is 3.03. The van der Waals surface area contributed by atoms with E-state index in [1.54, 1.807) is 6.92 Å². The lowest BCUT2D eigenvalue weighted by Crippen LogP contribution is -2.27. The Hall–Kier alpha value is -1.37. The fourth-order valence-electron chi connectivity index (χ4n) is 1.34. The molecule has 2 heterocycles. The molecule has 2 aromatic heterocycles. The topological polar surface area (TPSA) is 138 Å². The van der Waals surface area contributed by atoms with Gasteiger partial charge in [-0.05, 0) is 28.9 Å². The van der Waals surface area contributed by atoms with Crippen molar-refractivity contribution in [2.75, 3.05) is 0 Å². The summed E-state index contributed by atoms with van der Waals surface area (Å²) >= 11 is 3.87. The van der Waals surface area contributed by atoms with Crippen LogP contribution in [0.15, 0.2) is 14.7 Å². The smallest absolute Gasteiger partial charge is 0.345 e. The number of nitrogens with one attached hydrogen (secondary N) is 2.